The Morgan fingerprint density at radius 2 is 2.15 bits per heavy atom. The molecule has 2 atom stereocenters. The lowest BCUT2D eigenvalue weighted by atomic mass is 10.1. The van der Waals surface area contributed by atoms with Crippen LogP contribution in [0.15, 0.2) is 24.3 Å². The number of rotatable bonds is 3. The van der Waals surface area contributed by atoms with Gasteiger partial charge in [0.05, 0.1) is 1.37 Å². The fourth-order valence-corrected chi connectivity index (χ4v) is 0.812. The summed E-state index contributed by atoms with van der Waals surface area (Å²) in [5, 5.41) is 17.6. The minimum atomic E-state index is -2.39. The Bertz CT molecular complexity index is 364. The molecule has 13 heavy (non-hydrogen) atoms. The van der Waals surface area contributed by atoms with Crippen LogP contribution in [-0.2, 0) is 11.2 Å². The van der Waals surface area contributed by atoms with E-state index in [2.05, 4.69) is 0 Å². The van der Waals surface area contributed by atoms with Gasteiger partial charge in [0.15, 0.2) is 0 Å². The van der Waals surface area contributed by atoms with Crippen LogP contribution in [0.3, 0.4) is 0 Å². The highest BCUT2D eigenvalue weighted by atomic mass is 16.4. The summed E-state index contributed by atoms with van der Waals surface area (Å²) < 4.78 is 14.8. The number of phenols is 1. The van der Waals surface area contributed by atoms with Crippen molar-refractivity contribution < 1.29 is 17.7 Å². The molecule has 0 aromatic heterocycles. The highest BCUT2D eigenvalue weighted by Gasteiger charge is 2.11. The van der Waals surface area contributed by atoms with Crippen molar-refractivity contribution in [2.45, 2.75) is 12.4 Å². The van der Waals surface area contributed by atoms with E-state index in [4.69, 9.17) is 18.7 Å². The topological polar surface area (TPSA) is 83.5 Å². The van der Waals surface area contributed by atoms with Crippen molar-refractivity contribution in [2.24, 2.45) is 5.73 Å². The highest BCUT2D eigenvalue weighted by molar-refractivity contribution is 5.73. The summed E-state index contributed by atoms with van der Waals surface area (Å²) in [5.41, 5.74) is 5.46. The summed E-state index contributed by atoms with van der Waals surface area (Å²) in [5.74, 6) is -1.55. The molecule has 1 rings (SSSR count). The van der Waals surface area contributed by atoms with Gasteiger partial charge in [-0.3, -0.25) is 4.79 Å². The van der Waals surface area contributed by atoms with E-state index in [1.54, 1.807) is 0 Å². The molecule has 0 radical (unpaired) electrons. The van der Waals surface area contributed by atoms with Crippen LogP contribution in [0.1, 0.15) is 8.30 Å². The van der Waals surface area contributed by atoms with Gasteiger partial charge in [-0.05, 0) is 24.1 Å². The number of carboxylic acids is 1. The van der Waals surface area contributed by atoms with Crippen LogP contribution in [0, 0.1) is 0 Å². The summed E-state index contributed by atoms with van der Waals surface area (Å²) in [7, 11) is 0. The smallest absolute Gasteiger partial charge is 0.320 e. The average Bonchev–Trinajstić information content (AvgIpc) is 2.17. The monoisotopic (exact) mass is 183 g/mol. The molecule has 1 aromatic rings. The molecule has 0 aliphatic heterocycles. The maximum absolute atomic E-state index is 10.6. The lowest BCUT2D eigenvalue weighted by Crippen LogP contribution is -2.32. The number of carboxylic acid groups (broad SMARTS) is 1. The van der Waals surface area contributed by atoms with E-state index in [-0.39, 0.29) is 11.3 Å². The van der Waals surface area contributed by atoms with Gasteiger partial charge in [0.1, 0.15) is 11.8 Å². The van der Waals surface area contributed by atoms with Gasteiger partial charge in [-0.25, -0.2) is 0 Å². The molecule has 4 heteroatoms. The lowest BCUT2D eigenvalue weighted by Gasteiger charge is -2.05. The Hall–Kier alpha value is -1.55. The van der Waals surface area contributed by atoms with Crippen molar-refractivity contribution in [3.05, 3.63) is 29.8 Å². The molecule has 0 amide bonds. The van der Waals surface area contributed by atoms with E-state index < -0.39 is 18.4 Å². The molecule has 70 valence electrons. The van der Waals surface area contributed by atoms with Crippen LogP contribution in [0.4, 0.5) is 0 Å². The first-order valence-corrected chi connectivity index (χ1v) is 3.59. The molecule has 0 heterocycles. The fraction of sp³-hybridized carbons (Fsp3) is 0.222. The predicted molar refractivity (Wildman–Crippen MR) is 47.4 cm³/mol. The number of hydrogen-bond acceptors (Lipinski definition) is 3. The van der Waals surface area contributed by atoms with Gasteiger partial charge in [-0.15, -0.1) is 0 Å². The minimum Gasteiger partial charge on any atom is -0.508 e. The largest absolute Gasteiger partial charge is 0.508 e. The van der Waals surface area contributed by atoms with Crippen LogP contribution in [0.2, 0.25) is 0 Å². The van der Waals surface area contributed by atoms with E-state index in [1.165, 1.54) is 24.3 Å². The Kier molecular flexibility index (Phi) is 2.08. The van der Waals surface area contributed by atoms with E-state index in [0.29, 0.717) is 0 Å². The fourth-order valence-electron chi connectivity index (χ4n) is 0.812. The first kappa shape index (κ1) is 6.91. The molecular weight excluding hydrogens is 170 g/mol. The van der Waals surface area contributed by atoms with Gasteiger partial charge in [0, 0.05) is 1.37 Å². The van der Waals surface area contributed by atoms with Crippen molar-refractivity contribution in [2.75, 3.05) is 0 Å². The predicted octanol–water partition coefficient (Wildman–Crippen LogP) is 0.347. The number of aliphatic carboxylic acids is 1. The minimum absolute atomic E-state index is 0.00822. The molecule has 1 unspecified atom stereocenters. The quantitative estimate of drug-likeness (QED) is 0.631. The van der Waals surface area contributed by atoms with Crippen molar-refractivity contribution in [1.29, 1.82) is 0 Å². The number of phenolic OH excluding ortho intramolecular Hbond substituents is 1. The van der Waals surface area contributed by atoms with Crippen molar-refractivity contribution in [1.82, 2.24) is 0 Å². The van der Waals surface area contributed by atoms with Gasteiger partial charge in [-0.2, -0.15) is 0 Å². The van der Waals surface area contributed by atoms with E-state index >= 15 is 0 Å². The van der Waals surface area contributed by atoms with Gasteiger partial charge >= 0.3 is 5.97 Å². The molecule has 0 bridgehead atoms. The molecule has 4 N–H and O–H groups in total. The first-order valence-electron chi connectivity index (χ1n) is 4.67. The summed E-state index contributed by atoms with van der Waals surface area (Å²) in [6, 6.07) is 2.97. The number of hydrogen-bond donors (Lipinski definition) is 3. The number of benzene rings is 1. The van der Waals surface area contributed by atoms with E-state index in [1.807, 2.05) is 0 Å². The zero-order chi connectivity index (χ0) is 11.6. The Balaban J connectivity index is 2.99. The molecule has 0 aliphatic rings. The molecule has 0 saturated carbocycles. The molecule has 0 saturated heterocycles. The zero-order valence-corrected chi connectivity index (χ0v) is 6.77. The maximum Gasteiger partial charge on any atom is 0.320 e. The lowest BCUT2D eigenvalue weighted by molar-refractivity contribution is -0.138. The maximum atomic E-state index is 10.6. The number of aromatic hydroxyl groups is 1. The van der Waals surface area contributed by atoms with Crippen molar-refractivity contribution in [3.8, 4) is 5.75 Å². The van der Waals surface area contributed by atoms with Crippen LogP contribution in [0.25, 0.3) is 0 Å². The molecule has 0 aliphatic carbocycles. The zero-order valence-electron chi connectivity index (χ0n) is 8.77. The molecule has 0 fully saturated rings. The normalized spacial score (nSPS) is 19.5. The molecule has 1 aromatic carbocycles. The SMILES string of the molecule is [2H]C(c1ccc(O)cc1)[C@]([2H])(N)C(=O)O. The first-order chi connectivity index (χ1) is 6.85. The number of carbonyl (C=O) groups is 1. The third kappa shape index (κ3) is 2.76. The Labute approximate surface area is 78.4 Å². The summed E-state index contributed by atoms with van der Waals surface area (Å²) in [4.78, 5) is 10.6. The second-order valence-electron chi connectivity index (χ2n) is 2.50. The van der Waals surface area contributed by atoms with Crippen molar-refractivity contribution >= 4 is 5.97 Å². The second-order valence-corrected chi connectivity index (χ2v) is 2.50. The highest BCUT2D eigenvalue weighted by Crippen LogP contribution is 2.10. The van der Waals surface area contributed by atoms with Gasteiger partial charge in [0.2, 0.25) is 0 Å². The molecule has 0 spiro atoms. The van der Waals surface area contributed by atoms with Crippen LogP contribution in [0.5, 0.6) is 5.75 Å². The van der Waals surface area contributed by atoms with Gasteiger partial charge in [-0.1, -0.05) is 12.1 Å². The Morgan fingerprint density at radius 3 is 2.62 bits per heavy atom. The summed E-state index contributed by atoms with van der Waals surface area (Å²) in [6.07, 6.45) is -1.41. The van der Waals surface area contributed by atoms with E-state index in [9.17, 15) is 4.79 Å². The summed E-state index contributed by atoms with van der Waals surface area (Å²) in [6.45, 7) is 0. The van der Waals surface area contributed by atoms with E-state index in [0.717, 1.165) is 0 Å². The standard InChI is InChI=1S/C9H11NO3/c10-8(9(12)13)5-6-1-3-7(11)4-2-6/h1-4,8,11H,5,10H2,(H,12,13)/t8-/m0/s1/i5D,8D/t5?,8-. The van der Waals surface area contributed by atoms with Crippen LogP contribution < -0.4 is 5.73 Å². The summed E-state index contributed by atoms with van der Waals surface area (Å²) >= 11 is 0. The third-order valence-electron chi connectivity index (χ3n) is 1.46. The number of nitrogens with two attached hydrogens (primary N) is 1. The van der Waals surface area contributed by atoms with Crippen molar-refractivity contribution in [3.63, 3.8) is 0 Å². The van der Waals surface area contributed by atoms with Crippen LogP contribution in [-0.4, -0.2) is 22.2 Å². The average molecular weight is 183 g/mol. The second kappa shape index (κ2) is 3.91. The van der Waals surface area contributed by atoms with Crippen LogP contribution >= 0.6 is 0 Å². The Morgan fingerprint density at radius 1 is 1.62 bits per heavy atom. The molecular formula is C9H11NO3. The molecule has 4 nitrogen and oxygen atoms in total. The van der Waals surface area contributed by atoms with Gasteiger partial charge in [0.25, 0.3) is 0 Å². The van der Waals surface area contributed by atoms with Gasteiger partial charge < -0.3 is 15.9 Å². The third-order valence-corrected chi connectivity index (χ3v) is 1.46.